The quantitative estimate of drug-likeness (QED) is 0.488. The standard InChI is InChI=1S/C27H24Cl2O4/c28-19-10-6-17(7-11-19)26(18-8-12-20(29)13-9-18)16-25-15-21-22(30)3-1-4-23(21)32-27(25,33-26)14-2-5-24(25)31/h6-13H,1-5,14-16H2/t25-,27+/m1/s1. The van der Waals surface area contributed by atoms with Crippen LogP contribution in [0.1, 0.15) is 62.5 Å². The molecule has 0 aromatic heterocycles. The Bertz CT molecular complexity index is 1140. The molecule has 1 saturated heterocycles. The molecule has 4 aliphatic rings. The van der Waals surface area contributed by atoms with Crippen molar-refractivity contribution in [2.45, 2.75) is 62.8 Å². The molecule has 6 heteroatoms. The van der Waals surface area contributed by atoms with Crippen LogP contribution < -0.4 is 0 Å². The van der Waals surface area contributed by atoms with Gasteiger partial charge in [-0.3, -0.25) is 9.59 Å². The highest BCUT2D eigenvalue weighted by Crippen LogP contribution is 2.67. The van der Waals surface area contributed by atoms with Gasteiger partial charge in [-0.25, -0.2) is 0 Å². The van der Waals surface area contributed by atoms with Gasteiger partial charge in [0, 0.05) is 47.7 Å². The second-order valence-corrected chi connectivity index (χ2v) is 10.6. The zero-order valence-corrected chi connectivity index (χ0v) is 19.7. The number of halogens is 2. The second-order valence-electron chi connectivity index (χ2n) is 9.69. The molecular weight excluding hydrogens is 459 g/mol. The van der Waals surface area contributed by atoms with Crippen molar-refractivity contribution in [3.05, 3.63) is 81.0 Å². The lowest BCUT2D eigenvalue weighted by atomic mass is 9.59. The maximum absolute atomic E-state index is 13.7. The molecular formula is C27H24Cl2O4. The summed E-state index contributed by atoms with van der Waals surface area (Å²) in [6, 6.07) is 15.2. The Balaban J connectivity index is 1.57. The number of hydrogen-bond acceptors (Lipinski definition) is 4. The molecule has 2 atom stereocenters. The average Bonchev–Trinajstić information content (AvgIpc) is 3.12. The van der Waals surface area contributed by atoms with Crippen molar-refractivity contribution >= 4 is 34.8 Å². The van der Waals surface area contributed by atoms with Gasteiger partial charge in [0.1, 0.15) is 22.6 Å². The summed E-state index contributed by atoms with van der Waals surface area (Å²) in [5, 5.41) is 1.26. The van der Waals surface area contributed by atoms with Crippen LogP contribution in [0.25, 0.3) is 0 Å². The Hall–Kier alpha value is -2.14. The van der Waals surface area contributed by atoms with Gasteiger partial charge in [-0.2, -0.15) is 0 Å². The van der Waals surface area contributed by atoms with Crippen LogP contribution in [0, 0.1) is 5.41 Å². The number of ether oxygens (including phenoxy) is 2. The number of rotatable bonds is 2. The first-order valence-corrected chi connectivity index (χ1v) is 12.3. The van der Waals surface area contributed by atoms with Crippen LogP contribution in [-0.4, -0.2) is 17.4 Å². The zero-order valence-electron chi connectivity index (χ0n) is 18.2. The normalized spacial score (nSPS) is 30.4. The molecule has 0 spiro atoms. The van der Waals surface area contributed by atoms with Gasteiger partial charge >= 0.3 is 0 Å². The molecule has 2 aliphatic heterocycles. The van der Waals surface area contributed by atoms with Crippen LogP contribution in [0.4, 0.5) is 0 Å². The minimum atomic E-state index is -1.09. The summed E-state index contributed by atoms with van der Waals surface area (Å²) >= 11 is 12.4. The monoisotopic (exact) mass is 482 g/mol. The smallest absolute Gasteiger partial charge is 0.224 e. The Labute approximate surface area is 202 Å². The third kappa shape index (κ3) is 3.00. The molecule has 6 rings (SSSR count). The molecule has 4 nitrogen and oxygen atoms in total. The average molecular weight is 483 g/mol. The molecule has 2 aromatic rings. The van der Waals surface area contributed by atoms with Crippen LogP contribution in [0.15, 0.2) is 59.9 Å². The lowest BCUT2D eigenvalue weighted by Gasteiger charge is -2.50. The van der Waals surface area contributed by atoms with E-state index in [9.17, 15) is 9.59 Å². The van der Waals surface area contributed by atoms with E-state index in [4.69, 9.17) is 32.7 Å². The Morgan fingerprint density at radius 2 is 1.42 bits per heavy atom. The van der Waals surface area contributed by atoms with Crippen molar-refractivity contribution in [1.82, 2.24) is 0 Å². The molecule has 33 heavy (non-hydrogen) atoms. The summed E-state index contributed by atoms with van der Waals surface area (Å²) < 4.78 is 13.7. The summed E-state index contributed by atoms with van der Waals surface area (Å²) in [7, 11) is 0. The van der Waals surface area contributed by atoms with Gasteiger partial charge in [-0.15, -0.1) is 0 Å². The van der Waals surface area contributed by atoms with Crippen LogP contribution >= 0.6 is 23.2 Å². The second kappa shape index (κ2) is 7.43. The Morgan fingerprint density at radius 1 is 0.788 bits per heavy atom. The first kappa shape index (κ1) is 21.4. The van der Waals surface area contributed by atoms with Gasteiger partial charge in [0.15, 0.2) is 5.78 Å². The number of allylic oxidation sites excluding steroid dienone is 2. The fraction of sp³-hybridized carbons (Fsp3) is 0.407. The van der Waals surface area contributed by atoms with E-state index in [1.54, 1.807) is 0 Å². The lowest BCUT2D eigenvalue weighted by molar-refractivity contribution is -0.277. The topological polar surface area (TPSA) is 52.6 Å². The predicted octanol–water partition coefficient (Wildman–Crippen LogP) is 6.52. The number of hydrogen-bond donors (Lipinski definition) is 0. The maximum Gasteiger partial charge on any atom is 0.224 e. The number of carbonyl (C=O) groups excluding carboxylic acids is 2. The van der Waals surface area contributed by atoms with E-state index in [-0.39, 0.29) is 11.6 Å². The van der Waals surface area contributed by atoms with E-state index >= 15 is 0 Å². The molecule has 2 aromatic carbocycles. The molecule has 0 bridgehead atoms. The fourth-order valence-electron chi connectivity index (χ4n) is 6.37. The highest BCUT2D eigenvalue weighted by atomic mass is 35.5. The molecule has 0 radical (unpaired) electrons. The largest absolute Gasteiger partial charge is 0.465 e. The van der Waals surface area contributed by atoms with Gasteiger partial charge in [0.25, 0.3) is 0 Å². The van der Waals surface area contributed by atoms with Gasteiger partial charge in [-0.05, 0) is 54.7 Å². The number of Topliss-reactive ketones (excluding diaryl/α,β-unsaturated/α-hetero) is 2. The third-order valence-electron chi connectivity index (χ3n) is 7.93. The first-order chi connectivity index (χ1) is 15.9. The van der Waals surface area contributed by atoms with Gasteiger partial charge in [-0.1, -0.05) is 47.5 Å². The van der Waals surface area contributed by atoms with E-state index in [1.165, 1.54) is 0 Å². The molecule has 2 aliphatic carbocycles. The van der Waals surface area contributed by atoms with E-state index in [0.29, 0.717) is 60.6 Å². The van der Waals surface area contributed by atoms with Crippen molar-refractivity contribution in [2.24, 2.45) is 5.41 Å². The Morgan fingerprint density at radius 3 is 2.06 bits per heavy atom. The van der Waals surface area contributed by atoms with Crippen molar-refractivity contribution in [3.63, 3.8) is 0 Å². The predicted molar refractivity (Wildman–Crippen MR) is 125 cm³/mol. The van der Waals surface area contributed by atoms with Crippen LogP contribution in [-0.2, 0) is 24.7 Å². The highest BCUT2D eigenvalue weighted by molar-refractivity contribution is 6.30. The number of carbonyl (C=O) groups is 2. The third-order valence-corrected chi connectivity index (χ3v) is 8.43. The SMILES string of the molecule is O=C1CCCC2=C1C[C@]13CC(c4ccc(Cl)cc4)(c4ccc(Cl)cc4)O[C@]1(CCCC3=O)O2. The van der Waals surface area contributed by atoms with Crippen molar-refractivity contribution in [2.75, 3.05) is 0 Å². The van der Waals surface area contributed by atoms with Crippen LogP contribution in [0.3, 0.4) is 0 Å². The van der Waals surface area contributed by atoms with Gasteiger partial charge in [0.05, 0.1) is 0 Å². The molecule has 1 saturated carbocycles. The Kier molecular flexibility index (Phi) is 4.82. The van der Waals surface area contributed by atoms with E-state index in [0.717, 1.165) is 23.3 Å². The van der Waals surface area contributed by atoms with E-state index in [2.05, 4.69) is 0 Å². The maximum atomic E-state index is 13.7. The molecule has 2 heterocycles. The van der Waals surface area contributed by atoms with E-state index in [1.807, 2.05) is 48.5 Å². The summed E-state index contributed by atoms with van der Waals surface area (Å²) in [5.41, 5.74) is 0.678. The fourth-order valence-corrected chi connectivity index (χ4v) is 6.62. The minimum Gasteiger partial charge on any atom is -0.465 e. The van der Waals surface area contributed by atoms with E-state index < -0.39 is 16.8 Å². The van der Waals surface area contributed by atoms with Gasteiger partial charge < -0.3 is 9.47 Å². The molecule has 0 N–H and O–H groups in total. The lowest BCUT2D eigenvalue weighted by Crippen LogP contribution is -2.57. The molecule has 0 unspecified atom stereocenters. The minimum absolute atomic E-state index is 0.105. The molecule has 2 fully saturated rings. The van der Waals surface area contributed by atoms with Crippen molar-refractivity contribution in [1.29, 1.82) is 0 Å². The first-order valence-electron chi connectivity index (χ1n) is 11.6. The molecule has 170 valence electrons. The van der Waals surface area contributed by atoms with Crippen LogP contribution in [0.5, 0.6) is 0 Å². The summed E-state index contributed by atoms with van der Waals surface area (Å²) in [5.74, 6) is -0.130. The summed E-state index contributed by atoms with van der Waals surface area (Å²) in [6.07, 6.45) is 4.60. The number of benzene rings is 2. The van der Waals surface area contributed by atoms with Gasteiger partial charge in [0.2, 0.25) is 5.79 Å². The van der Waals surface area contributed by atoms with Crippen molar-refractivity contribution < 1.29 is 19.1 Å². The van der Waals surface area contributed by atoms with Crippen LogP contribution in [0.2, 0.25) is 10.0 Å². The zero-order chi connectivity index (χ0) is 22.8. The summed E-state index contributed by atoms with van der Waals surface area (Å²) in [4.78, 5) is 26.6. The molecule has 0 amide bonds. The number of ketones is 2. The highest BCUT2D eigenvalue weighted by Gasteiger charge is 2.73. The van der Waals surface area contributed by atoms with Crippen molar-refractivity contribution in [3.8, 4) is 0 Å². The summed E-state index contributed by atoms with van der Waals surface area (Å²) in [6.45, 7) is 0.